The molecule has 0 aliphatic carbocycles. The fraction of sp³-hybridized carbons (Fsp3) is 0.368. The Labute approximate surface area is 147 Å². The van der Waals surface area contributed by atoms with Gasteiger partial charge < -0.3 is 5.32 Å². The SMILES string of the molecule is O=C(CN1CC[C@H](CSc2ccccc2)C1)NCc1cccnc1. The van der Waals surface area contributed by atoms with Gasteiger partial charge in [-0.3, -0.25) is 14.7 Å². The monoisotopic (exact) mass is 341 g/mol. The third kappa shape index (κ3) is 5.35. The van der Waals surface area contributed by atoms with E-state index < -0.39 is 0 Å². The van der Waals surface area contributed by atoms with Gasteiger partial charge in [0, 0.05) is 36.1 Å². The van der Waals surface area contributed by atoms with Crippen LogP contribution in [0.3, 0.4) is 0 Å². The minimum absolute atomic E-state index is 0.0928. The van der Waals surface area contributed by atoms with Gasteiger partial charge in [0.2, 0.25) is 5.91 Å². The maximum Gasteiger partial charge on any atom is 0.234 e. The Morgan fingerprint density at radius 1 is 1.25 bits per heavy atom. The van der Waals surface area contributed by atoms with Crippen molar-refractivity contribution in [2.75, 3.05) is 25.4 Å². The maximum absolute atomic E-state index is 12.1. The first-order chi connectivity index (χ1) is 11.8. The molecule has 1 aromatic carbocycles. The van der Waals surface area contributed by atoms with Crippen LogP contribution >= 0.6 is 11.8 Å². The maximum atomic E-state index is 12.1. The summed E-state index contributed by atoms with van der Waals surface area (Å²) >= 11 is 1.91. The molecule has 2 heterocycles. The van der Waals surface area contributed by atoms with Gasteiger partial charge >= 0.3 is 0 Å². The predicted octanol–water partition coefficient (Wildman–Crippen LogP) is 2.81. The van der Waals surface area contributed by atoms with Crippen molar-refractivity contribution in [3.05, 3.63) is 60.4 Å². The Balaban J connectivity index is 1.35. The van der Waals surface area contributed by atoms with Crippen LogP contribution in [-0.4, -0.2) is 41.2 Å². The zero-order chi connectivity index (χ0) is 16.6. The molecule has 1 aliphatic rings. The fourth-order valence-corrected chi connectivity index (χ4v) is 3.94. The van der Waals surface area contributed by atoms with Gasteiger partial charge in [-0.15, -0.1) is 11.8 Å². The summed E-state index contributed by atoms with van der Waals surface area (Å²) in [6.45, 7) is 3.07. The molecule has 0 spiro atoms. The summed E-state index contributed by atoms with van der Waals surface area (Å²) in [4.78, 5) is 19.7. The minimum atomic E-state index is 0.0928. The van der Waals surface area contributed by atoms with Crippen molar-refractivity contribution in [1.82, 2.24) is 15.2 Å². The first-order valence-electron chi connectivity index (χ1n) is 8.35. The zero-order valence-corrected chi connectivity index (χ0v) is 14.5. The van der Waals surface area contributed by atoms with Gasteiger partial charge in [0.05, 0.1) is 6.54 Å². The number of benzene rings is 1. The van der Waals surface area contributed by atoms with E-state index in [1.165, 1.54) is 11.3 Å². The third-order valence-corrected chi connectivity index (χ3v) is 5.42. The molecule has 1 atom stereocenters. The number of hydrogen-bond acceptors (Lipinski definition) is 4. The lowest BCUT2D eigenvalue weighted by molar-refractivity contribution is -0.122. The third-order valence-electron chi connectivity index (χ3n) is 4.18. The van der Waals surface area contributed by atoms with Crippen LogP contribution in [0.15, 0.2) is 59.8 Å². The van der Waals surface area contributed by atoms with Crippen molar-refractivity contribution in [3.8, 4) is 0 Å². The van der Waals surface area contributed by atoms with Gasteiger partial charge in [0.15, 0.2) is 0 Å². The van der Waals surface area contributed by atoms with Crippen LogP contribution < -0.4 is 5.32 Å². The van der Waals surface area contributed by atoms with Gasteiger partial charge in [-0.2, -0.15) is 0 Å². The highest BCUT2D eigenvalue weighted by Gasteiger charge is 2.23. The lowest BCUT2D eigenvalue weighted by Crippen LogP contribution is -2.35. The first kappa shape index (κ1) is 17.0. The van der Waals surface area contributed by atoms with Gasteiger partial charge in [0.25, 0.3) is 0 Å². The van der Waals surface area contributed by atoms with Crippen molar-refractivity contribution < 1.29 is 4.79 Å². The second-order valence-electron chi connectivity index (χ2n) is 6.15. The van der Waals surface area contributed by atoms with E-state index in [2.05, 4.69) is 39.5 Å². The molecule has 1 aromatic heterocycles. The topological polar surface area (TPSA) is 45.2 Å². The van der Waals surface area contributed by atoms with E-state index in [0.29, 0.717) is 19.0 Å². The van der Waals surface area contributed by atoms with Gasteiger partial charge in [-0.25, -0.2) is 0 Å². The van der Waals surface area contributed by atoms with Crippen molar-refractivity contribution in [3.63, 3.8) is 0 Å². The lowest BCUT2D eigenvalue weighted by atomic mass is 10.2. The molecule has 1 N–H and O–H groups in total. The molecule has 126 valence electrons. The largest absolute Gasteiger partial charge is 0.351 e. The molecule has 0 saturated carbocycles. The Morgan fingerprint density at radius 3 is 2.92 bits per heavy atom. The number of carbonyl (C=O) groups excluding carboxylic acids is 1. The van der Waals surface area contributed by atoms with Crippen LogP contribution in [0.5, 0.6) is 0 Å². The van der Waals surface area contributed by atoms with Crippen LogP contribution in [0.2, 0.25) is 0 Å². The second-order valence-corrected chi connectivity index (χ2v) is 7.25. The highest BCUT2D eigenvalue weighted by molar-refractivity contribution is 7.99. The van der Waals surface area contributed by atoms with E-state index in [1.807, 2.05) is 30.0 Å². The molecule has 1 amide bonds. The van der Waals surface area contributed by atoms with E-state index >= 15 is 0 Å². The molecule has 0 bridgehead atoms. The number of thioether (sulfide) groups is 1. The molecule has 1 aliphatic heterocycles. The number of nitrogens with zero attached hydrogens (tertiary/aromatic N) is 2. The molecule has 2 aromatic rings. The Kier molecular flexibility index (Phi) is 6.26. The minimum Gasteiger partial charge on any atom is -0.351 e. The number of aromatic nitrogens is 1. The quantitative estimate of drug-likeness (QED) is 0.787. The Hall–Kier alpha value is -1.85. The number of rotatable bonds is 7. The lowest BCUT2D eigenvalue weighted by Gasteiger charge is -2.15. The zero-order valence-electron chi connectivity index (χ0n) is 13.7. The van der Waals surface area contributed by atoms with Crippen LogP contribution in [0.25, 0.3) is 0 Å². The highest BCUT2D eigenvalue weighted by Crippen LogP contribution is 2.25. The molecule has 1 saturated heterocycles. The summed E-state index contributed by atoms with van der Waals surface area (Å²) in [5, 5.41) is 2.97. The molecule has 5 heteroatoms. The van der Waals surface area contributed by atoms with Crippen LogP contribution in [0.1, 0.15) is 12.0 Å². The Morgan fingerprint density at radius 2 is 2.12 bits per heavy atom. The molecular weight excluding hydrogens is 318 g/mol. The summed E-state index contributed by atoms with van der Waals surface area (Å²) in [5.41, 5.74) is 1.03. The van der Waals surface area contributed by atoms with Crippen LogP contribution in [-0.2, 0) is 11.3 Å². The number of pyridine rings is 1. The van der Waals surface area contributed by atoms with Gasteiger partial charge in [-0.1, -0.05) is 24.3 Å². The van der Waals surface area contributed by atoms with E-state index in [-0.39, 0.29) is 5.91 Å². The second kappa shape index (κ2) is 8.85. The molecular formula is C19H23N3OS. The molecule has 3 rings (SSSR count). The molecule has 1 fully saturated rings. The van der Waals surface area contributed by atoms with E-state index in [9.17, 15) is 4.79 Å². The molecule has 0 radical (unpaired) electrons. The molecule has 4 nitrogen and oxygen atoms in total. The summed E-state index contributed by atoms with van der Waals surface area (Å²) in [6.07, 6.45) is 4.70. The molecule has 0 unspecified atom stereocenters. The number of nitrogens with one attached hydrogen (secondary N) is 1. The van der Waals surface area contributed by atoms with Crippen molar-refractivity contribution in [2.24, 2.45) is 5.92 Å². The average Bonchev–Trinajstić information content (AvgIpc) is 3.07. The van der Waals surface area contributed by atoms with Gasteiger partial charge in [-0.05, 0) is 42.6 Å². The van der Waals surface area contributed by atoms with Crippen molar-refractivity contribution >= 4 is 17.7 Å². The summed E-state index contributed by atoms with van der Waals surface area (Å²) in [7, 11) is 0. The number of hydrogen-bond donors (Lipinski definition) is 1. The van der Waals surface area contributed by atoms with Crippen molar-refractivity contribution in [2.45, 2.75) is 17.9 Å². The standard InChI is InChI=1S/C19H23N3OS/c23-19(21-12-16-5-4-9-20-11-16)14-22-10-8-17(13-22)15-24-18-6-2-1-3-7-18/h1-7,9,11,17H,8,10,12-15H2,(H,21,23)/t17-/m0/s1. The smallest absolute Gasteiger partial charge is 0.234 e. The van der Waals surface area contributed by atoms with Crippen LogP contribution in [0, 0.1) is 5.92 Å². The van der Waals surface area contributed by atoms with E-state index in [1.54, 1.807) is 12.4 Å². The molecule has 24 heavy (non-hydrogen) atoms. The number of likely N-dealkylation sites (tertiary alicyclic amines) is 1. The first-order valence-corrected chi connectivity index (χ1v) is 9.34. The fourth-order valence-electron chi connectivity index (χ4n) is 2.89. The van der Waals surface area contributed by atoms with Gasteiger partial charge in [0.1, 0.15) is 0 Å². The normalized spacial score (nSPS) is 17.8. The van der Waals surface area contributed by atoms with E-state index in [4.69, 9.17) is 0 Å². The number of amides is 1. The Bertz CT molecular complexity index is 636. The average molecular weight is 341 g/mol. The summed E-state index contributed by atoms with van der Waals surface area (Å²) in [6, 6.07) is 14.4. The summed E-state index contributed by atoms with van der Waals surface area (Å²) in [5.74, 6) is 1.88. The highest BCUT2D eigenvalue weighted by atomic mass is 32.2. The predicted molar refractivity (Wildman–Crippen MR) is 97.8 cm³/mol. The number of carbonyl (C=O) groups is 1. The van der Waals surface area contributed by atoms with Crippen LogP contribution in [0.4, 0.5) is 0 Å². The van der Waals surface area contributed by atoms with E-state index in [0.717, 1.165) is 24.4 Å². The summed E-state index contributed by atoms with van der Waals surface area (Å²) < 4.78 is 0. The van der Waals surface area contributed by atoms with Crippen molar-refractivity contribution in [1.29, 1.82) is 0 Å².